The molecule has 0 aromatic heterocycles. The molecular weight excluding hydrogens is 243 g/mol. The Morgan fingerprint density at radius 1 is 1.21 bits per heavy atom. The van der Waals surface area contributed by atoms with Gasteiger partial charge in [0.05, 0.1) is 6.10 Å². The fourth-order valence-electron chi connectivity index (χ4n) is 1.88. The van der Waals surface area contributed by atoms with Crippen LogP contribution in [0.5, 0.6) is 5.75 Å². The minimum Gasteiger partial charge on any atom is -0.489 e. The summed E-state index contributed by atoms with van der Waals surface area (Å²) in [5.74, 6) is 0.482. The molecule has 2 aromatic rings. The molecule has 0 amide bonds. The summed E-state index contributed by atoms with van der Waals surface area (Å²) in [7, 11) is 0. The summed E-state index contributed by atoms with van der Waals surface area (Å²) in [5, 5.41) is 9.49. The summed E-state index contributed by atoms with van der Waals surface area (Å²) in [6.07, 6.45) is -0.490. The Labute approximate surface area is 112 Å². The van der Waals surface area contributed by atoms with Crippen LogP contribution in [0.1, 0.15) is 29.7 Å². The molecule has 0 radical (unpaired) electrons. The molecule has 3 heteroatoms. The fraction of sp³-hybridized carbons (Fsp3) is 0.250. The lowest BCUT2D eigenvalue weighted by Gasteiger charge is -2.12. The molecule has 1 atom stereocenters. The van der Waals surface area contributed by atoms with Crippen molar-refractivity contribution in [3.8, 4) is 5.75 Å². The third-order valence-corrected chi connectivity index (χ3v) is 2.96. The molecular formula is C16H17FO2. The van der Waals surface area contributed by atoms with Gasteiger partial charge >= 0.3 is 0 Å². The molecule has 0 spiro atoms. The van der Waals surface area contributed by atoms with Crippen molar-refractivity contribution >= 4 is 0 Å². The summed E-state index contributed by atoms with van der Waals surface area (Å²) in [4.78, 5) is 0. The Kier molecular flexibility index (Phi) is 4.17. The maximum absolute atomic E-state index is 13.0. The van der Waals surface area contributed by atoms with Crippen molar-refractivity contribution in [2.45, 2.75) is 26.6 Å². The second kappa shape index (κ2) is 5.85. The van der Waals surface area contributed by atoms with E-state index < -0.39 is 6.10 Å². The third-order valence-electron chi connectivity index (χ3n) is 2.96. The van der Waals surface area contributed by atoms with Crippen LogP contribution in [0.3, 0.4) is 0 Å². The molecule has 0 aliphatic heterocycles. The molecule has 0 bridgehead atoms. The highest BCUT2D eigenvalue weighted by atomic mass is 19.1. The largest absolute Gasteiger partial charge is 0.489 e. The van der Waals surface area contributed by atoms with Gasteiger partial charge in [-0.15, -0.1) is 0 Å². The average molecular weight is 260 g/mol. The van der Waals surface area contributed by atoms with E-state index in [4.69, 9.17) is 4.74 Å². The standard InChI is InChI=1S/C16H17FO2/c1-11-8-14(12(2)18)6-7-16(11)19-10-13-4-3-5-15(17)9-13/h3-9,12,18H,10H2,1-2H3/t12-/m1/s1. The Morgan fingerprint density at radius 2 is 2.00 bits per heavy atom. The lowest BCUT2D eigenvalue weighted by Crippen LogP contribution is -1.99. The highest BCUT2D eigenvalue weighted by Crippen LogP contribution is 2.23. The molecule has 0 saturated heterocycles. The second-order valence-corrected chi connectivity index (χ2v) is 4.62. The van der Waals surface area contributed by atoms with E-state index in [0.717, 1.165) is 22.4 Å². The molecule has 0 aliphatic rings. The number of aliphatic hydroxyl groups excluding tert-OH is 1. The van der Waals surface area contributed by atoms with Gasteiger partial charge < -0.3 is 9.84 Å². The summed E-state index contributed by atoms with van der Waals surface area (Å²) in [5.41, 5.74) is 2.60. The zero-order valence-corrected chi connectivity index (χ0v) is 11.1. The fourth-order valence-corrected chi connectivity index (χ4v) is 1.88. The van der Waals surface area contributed by atoms with Gasteiger partial charge in [-0.3, -0.25) is 0 Å². The van der Waals surface area contributed by atoms with Gasteiger partial charge in [-0.1, -0.05) is 18.2 Å². The van der Waals surface area contributed by atoms with E-state index in [1.54, 1.807) is 13.0 Å². The minimum absolute atomic E-state index is 0.262. The number of aryl methyl sites for hydroxylation is 1. The Balaban J connectivity index is 2.07. The van der Waals surface area contributed by atoms with Crippen LogP contribution in [-0.2, 0) is 6.61 Å². The first-order valence-electron chi connectivity index (χ1n) is 6.22. The Morgan fingerprint density at radius 3 is 2.63 bits per heavy atom. The lowest BCUT2D eigenvalue weighted by molar-refractivity contribution is 0.199. The summed E-state index contributed by atoms with van der Waals surface area (Å²) in [6, 6.07) is 11.9. The number of aliphatic hydroxyl groups is 1. The Hall–Kier alpha value is -1.87. The molecule has 100 valence electrons. The highest BCUT2D eigenvalue weighted by molar-refractivity contribution is 5.37. The van der Waals surface area contributed by atoms with Crippen LogP contribution in [0.25, 0.3) is 0 Å². The van der Waals surface area contributed by atoms with Gasteiger partial charge in [0.1, 0.15) is 18.2 Å². The number of ether oxygens (including phenoxy) is 1. The maximum atomic E-state index is 13.0. The van der Waals surface area contributed by atoms with Crippen molar-refractivity contribution in [1.29, 1.82) is 0 Å². The van der Waals surface area contributed by atoms with Gasteiger partial charge in [-0.25, -0.2) is 4.39 Å². The number of halogens is 1. The van der Waals surface area contributed by atoms with Crippen LogP contribution in [0, 0.1) is 12.7 Å². The van der Waals surface area contributed by atoms with Gasteiger partial charge in [-0.2, -0.15) is 0 Å². The van der Waals surface area contributed by atoms with Crippen molar-refractivity contribution in [2.24, 2.45) is 0 Å². The van der Waals surface area contributed by atoms with Crippen LogP contribution >= 0.6 is 0 Å². The molecule has 2 nitrogen and oxygen atoms in total. The predicted octanol–water partition coefficient (Wildman–Crippen LogP) is 3.77. The number of benzene rings is 2. The Bertz CT molecular complexity index is 564. The van der Waals surface area contributed by atoms with E-state index in [0.29, 0.717) is 6.61 Å². The quantitative estimate of drug-likeness (QED) is 0.906. The van der Waals surface area contributed by atoms with E-state index in [1.165, 1.54) is 12.1 Å². The van der Waals surface area contributed by atoms with Gasteiger partial charge in [-0.05, 0) is 54.8 Å². The molecule has 2 rings (SSSR count). The van der Waals surface area contributed by atoms with Gasteiger partial charge in [0.25, 0.3) is 0 Å². The van der Waals surface area contributed by atoms with Crippen molar-refractivity contribution in [3.05, 3.63) is 65.0 Å². The molecule has 0 unspecified atom stereocenters. The van der Waals surface area contributed by atoms with Gasteiger partial charge in [0.2, 0.25) is 0 Å². The monoisotopic (exact) mass is 260 g/mol. The first-order valence-corrected chi connectivity index (χ1v) is 6.22. The van der Waals surface area contributed by atoms with Crippen molar-refractivity contribution in [2.75, 3.05) is 0 Å². The smallest absolute Gasteiger partial charge is 0.123 e. The maximum Gasteiger partial charge on any atom is 0.123 e. The normalized spacial score (nSPS) is 12.2. The molecule has 19 heavy (non-hydrogen) atoms. The van der Waals surface area contributed by atoms with Crippen LogP contribution in [0.2, 0.25) is 0 Å². The summed E-state index contributed by atoms with van der Waals surface area (Å²) >= 11 is 0. The molecule has 0 fully saturated rings. The van der Waals surface area contributed by atoms with Crippen molar-refractivity contribution in [1.82, 2.24) is 0 Å². The van der Waals surface area contributed by atoms with Crippen LogP contribution in [0.4, 0.5) is 4.39 Å². The van der Waals surface area contributed by atoms with Crippen molar-refractivity contribution < 1.29 is 14.2 Å². The topological polar surface area (TPSA) is 29.5 Å². The van der Waals surface area contributed by atoms with E-state index >= 15 is 0 Å². The molecule has 0 saturated carbocycles. The number of hydrogen-bond acceptors (Lipinski definition) is 2. The summed E-state index contributed by atoms with van der Waals surface area (Å²) < 4.78 is 18.7. The third kappa shape index (κ3) is 3.55. The van der Waals surface area contributed by atoms with Gasteiger partial charge in [0, 0.05) is 0 Å². The SMILES string of the molecule is Cc1cc([C@@H](C)O)ccc1OCc1cccc(F)c1. The molecule has 1 N–H and O–H groups in total. The lowest BCUT2D eigenvalue weighted by atomic mass is 10.1. The average Bonchev–Trinajstić information content (AvgIpc) is 2.37. The minimum atomic E-state index is -0.490. The van der Waals surface area contributed by atoms with Crippen molar-refractivity contribution in [3.63, 3.8) is 0 Å². The zero-order valence-electron chi connectivity index (χ0n) is 11.1. The van der Waals surface area contributed by atoms with E-state index in [1.807, 2.05) is 31.2 Å². The first kappa shape index (κ1) is 13.6. The van der Waals surface area contributed by atoms with Crippen LogP contribution in [0.15, 0.2) is 42.5 Å². The van der Waals surface area contributed by atoms with Crippen LogP contribution < -0.4 is 4.74 Å². The predicted molar refractivity (Wildman–Crippen MR) is 72.5 cm³/mol. The molecule has 0 aliphatic carbocycles. The number of rotatable bonds is 4. The highest BCUT2D eigenvalue weighted by Gasteiger charge is 2.05. The number of hydrogen-bond donors (Lipinski definition) is 1. The van der Waals surface area contributed by atoms with Gasteiger partial charge in [0.15, 0.2) is 0 Å². The second-order valence-electron chi connectivity index (χ2n) is 4.62. The van der Waals surface area contributed by atoms with E-state index in [-0.39, 0.29) is 5.82 Å². The van der Waals surface area contributed by atoms with E-state index in [2.05, 4.69) is 0 Å². The summed E-state index contributed by atoms with van der Waals surface area (Å²) in [6.45, 7) is 3.97. The van der Waals surface area contributed by atoms with Crippen LogP contribution in [-0.4, -0.2) is 5.11 Å². The molecule has 2 aromatic carbocycles. The van der Waals surface area contributed by atoms with E-state index in [9.17, 15) is 9.50 Å². The zero-order chi connectivity index (χ0) is 13.8. The molecule has 0 heterocycles. The first-order chi connectivity index (χ1) is 9.06.